The van der Waals surface area contributed by atoms with E-state index in [0.717, 1.165) is 16.9 Å². The molecule has 0 aliphatic rings. The number of carbonyl (C=O) groups excluding carboxylic acids is 2. The maximum atomic E-state index is 13.3. The largest absolute Gasteiger partial charge is 0.497 e. The van der Waals surface area contributed by atoms with Gasteiger partial charge in [0.05, 0.1) is 39.5 Å². The van der Waals surface area contributed by atoms with Crippen LogP contribution in [-0.2, 0) is 33.7 Å². The minimum absolute atomic E-state index is 0.0200. The van der Waals surface area contributed by atoms with Crippen LogP contribution in [0.25, 0.3) is 0 Å². The molecule has 34 heavy (non-hydrogen) atoms. The quantitative estimate of drug-likeness (QED) is 0.387. The number of hydrogen-bond donors (Lipinski definition) is 0. The number of carbonyl (C=O) groups is 2. The highest BCUT2D eigenvalue weighted by molar-refractivity contribution is 5.86. The molecule has 0 fully saturated rings. The Labute approximate surface area is 200 Å². The number of amides is 2. The molecule has 0 saturated carbocycles. The summed E-state index contributed by atoms with van der Waals surface area (Å²) < 4.78 is 15.8. The van der Waals surface area contributed by atoms with Gasteiger partial charge in [-0.25, -0.2) is 0 Å². The second-order valence-corrected chi connectivity index (χ2v) is 7.96. The van der Waals surface area contributed by atoms with Gasteiger partial charge in [0.2, 0.25) is 11.8 Å². The normalized spacial score (nSPS) is 10.6. The number of benzene rings is 2. The molecule has 3 aromatic rings. The molecule has 0 aliphatic carbocycles. The molecule has 3 rings (SSSR count). The van der Waals surface area contributed by atoms with Crippen LogP contribution in [0.1, 0.15) is 16.9 Å². The fraction of sp³-hybridized carbons (Fsp3) is 0.333. The molecule has 1 heterocycles. The molecule has 0 N–H and O–H groups in total. The van der Waals surface area contributed by atoms with Gasteiger partial charge in [-0.15, -0.1) is 0 Å². The molecule has 1 aromatic heterocycles. The summed E-state index contributed by atoms with van der Waals surface area (Å²) in [5.74, 6) is 1.17. The van der Waals surface area contributed by atoms with Crippen molar-refractivity contribution in [3.8, 4) is 5.75 Å². The molecule has 0 spiro atoms. The molecular weight excluding hydrogens is 432 g/mol. The second kappa shape index (κ2) is 13.2. The number of ether oxygens (including phenoxy) is 2. The fourth-order valence-electron chi connectivity index (χ4n) is 3.58. The number of methoxy groups -OCH3 is 2. The van der Waals surface area contributed by atoms with Gasteiger partial charge in [-0.2, -0.15) is 0 Å². The SMILES string of the molecule is COCCN(CC(=O)N(CCc1ccccc1)Cc1ccco1)C(=O)Cc1ccc(OC)cc1. The van der Waals surface area contributed by atoms with Gasteiger partial charge in [0.15, 0.2) is 0 Å². The Balaban J connectivity index is 1.68. The molecule has 2 amide bonds. The molecule has 0 aliphatic heterocycles. The number of hydrogen-bond acceptors (Lipinski definition) is 5. The van der Waals surface area contributed by atoms with Crippen molar-refractivity contribution in [1.82, 2.24) is 9.80 Å². The highest BCUT2D eigenvalue weighted by atomic mass is 16.5. The molecular formula is C27H32N2O5. The van der Waals surface area contributed by atoms with E-state index in [1.165, 1.54) is 0 Å². The first-order chi connectivity index (χ1) is 16.6. The molecule has 0 bridgehead atoms. The Hall–Kier alpha value is -3.58. The second-order valence-electron chi connectivity index (χ2n) is 7.96. The lowest BCUT2D eigenvalue weighted by Gasteiger charge is -2.27. The van der Waals surface area contributed by atoms with Gasteiger partial charge in [-0.1, -0.05) is 42.5 Å². The lowest BCUT2D eigenvalue weighted by molar-refractivity contribution is -0.141. The van der Waals surface area contributed by atoms with Gasteiger partial charge in [-0.05, 0) is 41.8 Å². The highest BCUT2D eigenvalue weighted by Gasteiger charge is 2.22. The van der Waals surface area contributed by atoms with Gasteiger partial charge in [0.25, 0.3) is 0 Å². The van der Waals surface area contributed by atoms with E-state index in [9.17, 15) is 9.59 Å². The standard InChI is InChI=1S/C27H32N2O5/c1-32-18-16-29(26(30)19-23-10-12-24(33-2)13-11-23)21-27(31)28(20-25-9-6-17-34-25)15-14-22-7-4-3-5-8-22/h3-13,17H,14-16,18-21H2,1-2H3. The van der Waals surface area contributed by atoms with E-state index in [1.54, 1.807) is 36.3 Å². The van der Waals surface area contributed by atoms with Crippen LogP contribution in [0.2, 0.25) is 0 Å². The third-order valence-corrected chi connectivity index (χ3v) is 5.55. The van der Waals surface area contributed by atoms with Crippen molar-refractivity contribution in [2.75, 3.05) is 40.5 Å². The van der Waals surface area contributed by atoms with Crippen LogP contribution in [0.4, 0.5) is 0 Å². The van der Waals surface area contributed by atoms with E-state index in [1.807, 2.05) is 60.7 Å². The van der Waals surface area contributed by atoms with Crippen LogP contribution in [0.5, 0.6) is 5.75 Å². The molecule has 7 heteroatoms. The molecule has 0 radical (unpaired) electrons. The third-order valence-electron chi connectivity index (χ3n) is 5.55. The summed E-state index contributed by atoms with van der Waals surface area (Å²) >= 11 is 0. The van der Waals surface area contributed by atoms with E-state index < -0.39 is 0 Å². The maximum absolute atomic E-state index is 13.3. The molecule has 0 unspecified atom stereocenters. The van der Waals surface area contributed by atoms with Gasteiger partial charge in [0, 0.05) is 20.2 Å². The van der Waals surface area contributed by atoms with Crippen molar-refractivity contribution < 1.29 is 23.5 Å². The van der Waals surface area contributed by atoms with Crippen LogP contribution >= 0.6 is 0 Å². The van der Waals surface area contributed by atoms with Crippen molar-refractivity contribution in [2.24, 2.45) is 0 Å². The lowest BCUT2D eigenvalue weighted by Crippen LogP contribution is -2.45. The predicted molar refractivity (Wildman–Crippen MR) is 129 cm³/mol. The van der Waals surface area contributed by atoms with E-state index in [-0.39, 0.29) is 24.8 Å². The fourth-order valence-corrected chi connectivity index (χ4v) is 3.58. The molecule has 0 saturated heterocycles. The summed E-state index contributed by atoms with van der Waals surface area (Å²) in [5.41, 5.74) is 2.00. The molecule has 7 nitrogen and oxygen atoms in total. The Kier molecular flexibility index (Phi) is 9.73. The van der Waals surface area contributed by atoms with Crippen molar-refractivity contribution in [2.45, 2.75) is 19.4 Å². The zero-order valence-electron chi connectivity index (χ0n) is 19.8. The summed E-state index contributed by atoms with van der Waals surface area (Å²) in [7, 11) is 3.18. The first-order valence-corrected chi connectivity index (χ1v) is 11.3. The Bertz CT molecular complexity index is 1000. The van der Waals surface area contributed by atoms with E-state index in [0.29, 0.717) is 38.4 Å². The van der Waals surface area contributed by atoms with Gasteiger partial charge >= 0.3 is 0 Å². The zero-order valence-corrected chi connectivity index (χ0v) is 19.8. The van der Waals surface area contributed by atoms with Gasteiger partial charge < -0.3 is 23.7 Å². The minimum Gasteiger partial charge on any atom is -0.497 e. The monoisotopic (exact) mass is 464 g/mol. The van der Waals surface area contributed by atoms with Crippen LogP contribution in [0.15, 0.2) is 77.4 Å². The van der Waals surface area contributed by atoms with Gasteiger partial charge in [0.1, 0.15) is 11.5 Å². The smallest absolute Gasteiger partial charge is 0.242 e. The maximum Gasteiger partial charge on any atom is 0.242 e. The van der Waals surface area contributed by atoms with E-state index >= 15 is 0 Å². The van der Waals surface area contributed by atoms with Crippen molar-refractivity contribution in [3.63, 3.8) is 0 Å². The summed E-state index contributed by atoms with van der Waals surface area (Å²) in [5, 5.41) is 0. The summed E-state index contributed by atoms with van der Waals surface area (Å²) in [4.78, 5) is 29.7. The number of nitrogens with zero attached hydrogens (tertiary/aromatic N) is 2. The van der Waals surface area contributed by atoms with E-state index in [2.05, 4.69) is 0 Å². The third kappa shape index (κ3) is 7.78. The van der Waals surface area contributed by atoms with Crippen LogP contribution in [0.3, 0.4) is 0 Å². The minimum atomic E-state index is -0.133. The number of rotatable bonds is 13. The molecule has 0 atom stereocenters. The van der Waals surface area contributed by atoms with E-state index in [4.69, 9.17) is 13.9 Å². The predicted octanol–water partition coefficient (Wildman–Crippen LogP) is 3.58. The van der Waals surface area contributed by atoms with Crippen LogP contribution in [-0.4, -0.2) is 62.1 Å². The summed E-state index contributed by atoms with van der Waals surface area (Å²) in [6, 6.07) is 21.0. The average Bonchev–Trinajstić information content (AvgIpc) is 3.38. The van der Waals surface area contributed by atoms with Crippen molar-refractivity contribution in [1.29, 1.82) is 0 Å². The molecule has 2 aromatic carbocycles. The van der Waals surface area contributed by atoms with Crippen molar-refractivity contribution >= 4 is 11.8 Å². The average molecular weight is 465 g/mol. The Morgan fingerprint density at radius 3 is 2.24 bits per heavy atom. The van der Waals surface area contributed by atoms with Crippen LogP contribution < -0.4 is 4.74 Å². The lowest BCUT2D eigenvalue weighted by atomic mass is 10.1. The first kappa shape index (κ1) is 25.1. The Morgan fingerprint density at radius 2 is 1.59 bits per heavy atom. The molecule has 180 valence electrons. The number of furan rings is 1. The Morgan fingerprint density at radius 1 is 0.824 bits per heavy atom. The summed E-state index contributed by atoms with van der Waals surface area (Å²) in [6.07, 6.45) is 2.51. The van der Waals surface area contributed by atoms with Gasteiger partial charge in [-0.3, -0.25) is 9.59 Å². The zero-order chi connectivity index (χ0) is 24.2. The highest BCUT2D eigenvalue weighted by Crippen LogP contribution is 2.13. The van der Waals surface area contributed by atoms with Crippen molar-refractivity contribution in [3.05, 3.63) is 89.9 Å². The topological polar surface area (TPSA) is 72.2 Å². The first-order valence-electron chi connectivity index (χ1n) is 11.3. The summed E-state index contributed by atoms with van der Waals surface area (Å²) in [6.45, 7) is 1.54. The van der Waals surface area contributed by atoms with Crippen LogP contribution in [0, 0.1) is 0 Å².